The third kappa shape index (κ3) is 3.45. The van der Waals surface area contributed by atoms with Gasteiger partial charge in [0, 0.05) is 23.2 Å². The average molecular weight is 333 g/mol. The molecule has 0 saturated heterocycles. The molecule has 1 aliphatic carbocycles. The Bertz CT molecular complexity index is 755. The van der Waals surface area contributed by atoms with Gasteiger partial charge in [-0.1, -0.05) is 17.7 Å². The molecule has 0 radical (unpaired) electrons. The van der Waals surface area contributed by atoms with Crippen LogP contribution >= 0.6 is 11.6 Å². The van der Waals surface area contributed by atoms with Crippen LogP contribution in [-0.4, -0.2) is 28.0 Å². The molecule has 23 heavy (non-hydrogen) atoms. The first-order valence-electron chi connectivity index (χ1n) is 7.62. The average Bonchev–Trinajstić information content (AvgIpc) is 2.55. The van der Waals surface area contributed by atoms with Gasteiger partial charge in [-0.3, -0.25) is 14.6 Å². The van der Waals surface area contributed by atoms with Crippen LogP contribution in [0.3, 0.4) is 0 Å². The Kier molecular flexibility index (Phi) is 4.48. The van der Waals surface area contributed by atoms with E-state index in [-0.39, 0.29) is 17.9 Å². The standard InChI is InChI=1S/C17H17ClN2O3/c18-14-7-8-19-15-9-11(3-6-13(14)15)16(21)20-12-4-1-10(2-5-12)17(22)23/h3,6-10,12H,1-2,4-5H2,(H,20,21)(H,22,23)/t10-,12+. The van der Waals surface area contributed by atoms with E-state index < -0.39 is 5.97 Å². The number of fused-ring (bicyclic) bond motifs is 1. The summed E-state index contributed by atoms with van der Waals surface area (Å²) in [4.78, 5) is 27.6. The lowest BCUT2D eigenvalue weighted by atomic mass is 9.86. The first kappa shape index (κ1) is 15.7. The van der Waals surface area contributed by atoms with Crippen molar-refractivity contribution < 1.29 is 14.7 Å². The molecule has 120 valence electrons. The monoisotopic (exact) mass is 332 g/mol. The minimum Gasteiger partial charge on any atom is -0.481 e. The summed E-state index contributed by atoms with van der Waals surface area (Å²) in [6, 6.07) is 6.99. The molecule has 2 N–H and O–H groups in total. The van der Waals surface area contributed by atoms with Crippen LogP contribution in [0.2, 0.25) is 5.02 Å². The zero-order valence-electron chi connectivity index (χ0n) is 12.5. The second kappa shape index (κ2) is 6.54. The van der Waals surface area contributed by atoms with Gasteiger partial charge in [-0.2, -0.15) is 0 Å². The highest BCUT2D eigenvalue weighted by Gasteiger charge is 2.26. The molecule has 1 saturated carbocycles. The van der Waals surface area contributed by atoms with Crippen molar-refractivity contribution in [2.75, 3.05) is 0 Å². The van der Waals surface area contributed by atoms with Crippen molar-refractivity contribution in [3.63, 3.8) is 0 Å². The van der Waals surface area contributed by atoms with E-state index in [9.17, 15) is 9.59 Å². The number of pyridine rings is 1. The molecular formula is C17H17ClN2O3. The van der Waals surface area contributed by atoms with Crippen molar-refractivity contribution in [2.45, 2.75) is 31.7 Å². The van der Waals surface area contributed by atoms with Gasteiger partial charge in [-0.05, 0) is 43.9 Å². The summed E-state index contributed by atoms with van der Waals surface area (Å²) >= 11 is 6.10. The fraction of sp³-hybridized carbons (Fsp3) is 0.353. The summed E-state index contributed by atoms with van der Waals surface area (Å²) in [5.74, 6) is -1.19. The van der Waals surface area contributed by atoms with Crippen LogP contribution in [0.25, 0.3) is 10.9 Å². The number of carbonyl (C=O) groups excluding carboxylic acids is 1. The number of carboxylic acids is 1. The molecule has 0 aliphatic heterocycles. The molecule has 1 amide bonds. The highest BCUT2D eigenvalue weighted by molar-refractivity contribution is 6.35. The van der Waals surface area contributed by atoms with Crippen molar-refractivity contribution in [2.24, 2.45) is 5.92 Å². The molecule has 1 fully saturated rings. The highest BCUT2D eigenvalue weighted by Crippen LogP contribution is 2.25. The van der Waals surface area contributed by atoms with E-state index in [4.69, 9.17) is 16.7 Å². The van der Waals surface area contributed by atoms with Crippen LogP contribution in [0.5, 0.6) is 0 Å². The highest BCUT2D eigenvalue weighted by atomic mass is 35.5. The van der Waals surface area contributed by atoms with Gasteiger partial charge in [0.1, 0.15) is 0 Å². The zero-order valence-corrected chi connectivity index (χ0v) is 13.2. The number of rotatable bonds is 3. The first-order chi connectivity index (χ1) is 11.0. The lowest BCUT2D eigenvalue weighted by Crippen LogP contribution is -2.38. The number of carbonyl (C=O) groups is 2. The maximum atomic E-state index is 12.4. The van der Waals surface area contributed by atoms with Gasteiger partial charge in [0.15, 0.2) is 0 Å². The summed E-state index contributed by atoms with van der Waals surface area (Å²) < 4.78 is 0. The van der Waals surface area contributed by atoms with Gasteiger partial charge in [-0.25, -0.2) is 0 Å². The summed E-state index contributed by atoms with van der Waals surface area (Å²) in [5.41, 5.74) is 1.22. The Hall–Kier alpha value is -2.14. The van der Waals surface area contributed by atoms with Gasteiger partial charge in [0.05, 0.1) is 16.5 Å². The van der Waals surface area contributed by atoms with Crippen molar-refractivity contribution >= 4 is 34.4 Å². The number of amides is 1. The SMILES string of the molecule is O=C(N[C@H]1CC[C@@H](C(=O)O)CC1)c1ccc2c(Cl)ccnc2c1. The quantitative estimate of drug-likeness (QED) is 0.904. The predicted molar refractivity (Wildman–Crippen MR) is 87.6 cm³/mol. The molecule has 1 aliphatic rings. The van der Waals surface area contributed by atoms with E-state index >= 15 is 0 Å². The molecule has 0 bridgehead atoms. The van der Waals surface area contributed by atoms with Crippen LogP contribution in [0.1, 0.15) is 36.0 Å². The molecule has 2 aromatic rings. The normalized spacial score (nSPS) is 21.1. The lowest BCUT2D eigenvalue weighted by Gasteiger charge is -2.26. The van der Waals surface area contributed by atoms with E-state index in [1.54, 1.807) is 30.5 Å². The largest absolute Gasteiger partial charge is 0.481 e. The molecule has 1 aromatic carbocycles. The van der Waals surface area contributed by atoms with Gasteiger partial charge in [0.25, 0.3) is 5.91 Å². The number of aromatic nitrogens is 1. The predicted octanol–water partition coefficient (Wildman–Crippen LogP) is 3.26. The van der Waals surface area contributed by atoms with E-state index in [1.807, 2.05) is 0 Å². The minimum absolute atomic E-state index is 0.0288. The minimum atomic E-state index is -0.743. The van der Waals surface area contributed by atoms with Gasteiger partial charge >= 0.3 is 5.97 Å². The van der Waals surface area contributed by atoms with Gasteiger partial charge < -0.3 is 10.4 Å². The maximum Gasteiger partial charge on any atom is 0.306 e. The molecular weight excluding hydrogens is 316 g/mol. The summed E-state index contributed by atoms with van der Waals surface area (Å²) in [7, 11) is 0. The second-order valence-electron chi connectivity index (χ2n) is 5.88. The molecule has 0 unspecified atom stereocenters. The lowest BCUT2D eigenvalue weighted by molar-refractivity contribution is -0.142. The maximum absolute atomic E-state index is 12.4. The third-order valence-corrected chi connectivity index (χ3v) is 4.69. The van der Waals surface area contributed by atoms with Crippen LogP contribution in [-0.2, 0) is 4.79 Å². The number of hydrogen-bond acceptors (Lipinski definition) is 3. The number of carboxylic acid groups (broad SMARTS) is 1. The summed E-state index contributed by atoms with van der Waals surface area (Å²) in [6.07, 6.45) is 4.21. The Morgan fingerprint density at radius 2 is 1.91 bits per heavy atom. The number of nitrogens with one attached hydrogen (secondary N) is 1. The molecule has 6 heteroatoms. The zero-order chi connectivity index (χ0) is 16.4. The van der Waals surface area contributed by atoms with E-state index in [1.165, 1.54) is 0 Å². The number of benzene rings is 1. The second-order valence-corrected chi connectivity index (χ2v) is 6.29. The Morgan fingerprint density at radius 3 is 2.61 bits per heavy atom. The summed E-state index contributed by atoms with van der Waals surface area (Å²) in [5, 5.41) is 13.4. The molecule has 0 atom stereocenters. The van der Waals surface area contributed by atoms with Gasteiger partial charge in [0.2, 0.25) is 0 Å². The van der Waals surface area contributed by atoms with Crippen molar-refractivity contribution in [3.8, 4) is 0 Å². The summed E-state index contributed by atoms with van der Waals surface area (Å²) in [6.45, 7) is 0. The number of hydrogen-bond donors (Lipinski definition) is 2. The first-order valence-corrected chi connectivity index (χ1v) is 8.00. The molecule has 1 heterocycles. The van der Waals surface area contributed by atoms with Crippen molar-refractivity contribution in [3.05, 3.63) is 41.0 Å². The third-order valence-electron chi connectivity index (χ3n) is 4.36. The molecule has 3 rings (SSSR count). The number of halogens is 1. The van der Waals surface area contributed by atoms with Crippen molar-refractivity contribution in [1.82, 2.24) is 10.3 Å². The topological polar surface area (TPSA) is 79.3 Å². The Morgan fingerprint density at radius 1 is 1.17 bits per heavy atom. The van der Waals surface area contributed by atoms with E-state index in [0.29, 0.717) is 41.8 Å². The van der Waals surface area contributed by atoms with Crippen LogP contribution in [0, 0.1) is 5.92 Å². The Labute approximate surface area is 138 Å². The molecule has 1 aromatic heterocycles. The van der Waals surface area contributed by atoms with Crippen LogP contribution < -0.4 is 5.32 Å². The molecule has 5 nitrogen and oxygen atoms in total. The van der Waals surface area contributed by atoms with E-state index in [2.05, 4.69) is 10.3 Å². The Balaban J connectivity index is 1.68. The number of aliphatic carboxylic acids is 1. The van der Waals surface area contributed by atoms with Crippen molar-refractivity contribution in [1.29, 1.82) is 0 Å². The smallest absolute Gasteiger partial charge is 0.306 e. The molecule has 0 spiro atoms. The van der Waals surface area contributed by atoms with Gasteiger partial charge in [-0.15, -0.1) is 0 Å². The fourth-order valence-corrected chi connectivity index (χ4v) is 3.22. The fourth-order valence-electron chi connectivity index (χ4n) is 3.01. The van der Waals surface area contributed by atoms with Crippen LogP contribution in [0.15, 0.2) is 30.5 Å². The number of nitrogens with zero attached hydrogens (tertiary/aromatic N) is 1. The van der Waals surface area contributed by atoms with Crippen LogP contribution in [0.4, 0.5) is 0 Å². The van der Waals surface area contributed by atoms with E-state index in [0.717, 1.165) is 5.39 Å².